The van der Waals surface area contributed by atoms with E-state index < -0.39 is 22.8 Å². The highest BCUT2D eigenvalue weighted by Crippen LogP contribution is 2.53. The quantitative estimate of drug-likeness (QED) is 0.247. The van der Waals surface area contributed by atoms with Gasteiger partial charge in [-0.2, -0.15) is 0 Å². The highest BCUT2D eigenvalue weighted by atomic mass is 35.5. The lowest BCUT2D eigenvalue weighted by atomic mass is 9.83. The van der Waals surface area contributed by atoms with Crippen molar-refractivity contribution in [3.8, 4) is 0 Å². The standard InChI is InChI=1S/C32H20Cl2N2O4/c33-21-14-15-26-22(16-21)28(37)27-29(40-26)30(38)36(17-19-8-2-1-3-9-19)32(27)23-11-5-7-13-25(23)35(31(32)39)18-20-10-4-6-12-24(20)34/h1-16H,17-18H2. The highest BCUT2D eigenvalue weighted by Gasteiger charge is 2.65. The number of amides is 2. The average Bonchev–Trinajstić information content (AvgIpc) is 3.35. The monoisotopic (exact) mass is 566 g/mol. The molecule has 0 saturated heterocycles. The van der Waals surface area contributed by atoms with Gasteiger partial charge >= 0.3 is 0 Å². The maximum atomic E-state index is 14.8. The molecule has 0 saturated carbocycles. The van der Waals surface area contributed by atoms with Crippen molar-refractivity contribution in [2.75, 3.05) is 4.90 Å². The van der Waals surface area contributed by atoms with Crippen LogP contribution in [0.5, 0.6) is 0 Å². The summed E-state index contributed by atoms with van der Waals surface area (Å²) >= 11 is 12.7. The zero-order valence-corrected chi connectivity index (χ0v) is 22.4. The van der Waals surface area contributed by atoms with Crippen LogP contribution >= 0.6 is 23.2 Å². The van der Waals surface area contributed by atoms with Crippen molar-refractivity contribution < 1.29 is 14.0 Å². The van der Waals surface area contributed by atoms with Gasteiger partial charge in [-0.3, -0.25) is 14.4 Å². The topological polar surface area (TPSA) is 70.8 Å². The van der Waals surface area contributed by atoms with Crippen LogP contribution in [0.4, 0.5) is 5.69 Å². The summed E-state index contributed by atoms with van der Waals surface area (Å²) in [6, 6.07) is 28.6. The van der Waals surface area contributed by atoms with Gasteiger partial charge in [0.25, 0.3) is 11.8 Å². The summed E-state index contributed by atoms with van der Waals surface area (Å²) in [4.78, 5) is 46.3. The molecule has 1 unspecified atom stereocenters. The zero-order chi connectivity index (χ0) is 27.6. The first-order valence-corrected chi connectivity index (χ1v) is 13.4. The Labute approximate surface area is 239 Å². The van der Waals surface area contributed by atoms with Gasteiger partial charge in [0.1, 0.15) is 5.58 Å². The van der Waals surface area contributed by atoms with E-state index in [-0.39, 0.29) is 35.4 Å². The van der Waals surface area contributed by atoms with Crippen LogP contribution in [0.15, 0.2) is 106 Å². The van der Waals surface area contributed by atoms with Gasteiger partial charge in [0.2, 0.25) is 5.76 Å². The van der Waals surface area contributed by atoms with Crippen LogP contribution < -0.4 is 10.3 Å². The number of hydrogen-bond donors (Lipinski definition) is 0. The molecule has 5 aromatic rings. The van der Waals surface area contributed by atoms with Gasteiger partial charge in [-0.05, 0) is 41.5 Å². The summed E-state index contributed by atoms with van der Waals surface area (Å²) in [7, 11) is 0. The number of nitrogens with zero attached hydrogens (tertiary/aromatic N) is 2. The van der Waals surface area contributed by atoms with E-state index in [1.807, 2.05) is 60.7 Å². The maximum Gasteiger partial charge on any atom is 0.291 e. The van der Waals surface area contributed by atoms with Crippen LogP contribution in [0.3, 0.4) is 0 Å². The van der Waals surface area contributed by atoms with Crippen LogP contribution in [0, 0.1) is 0 Å². The van der Waals surface area contributed by atoms with Crippen molar-refractivity contribution in [3.05, 3.63) is 145 Å². The van der Waals surface area contributed by atoms with E-state index in [2.05, 4.69) is 0 Å². The van der Waals surface area contributed by atoms with Crippen molar-refractivity contribution in [2.24, 2.45) is 0 Å². The van der Waals surface area contributed by atoms with Crippen LogP contribution in [-0.4, -0.2) is 16.7 Å². The highest BCUT2D eigenvalue weighted by molar-refractivity contribution is 6.31. The van der Waals surface area contributed by atoms with Crippen molar-refractivity contribution in [3.63, 3.8) is 0 Å². The van der Waals surface area contributed by atoms with E-state index in [1.54, 1.807) is 35.2 Å². The molecular formula is C32H20Cl2N2O4. The molecule has 0 bridgehead atoms. The minimum atomic E-state index is -1.74. The molecule has 0 aliphatic carbocycles. The van der Waals surface area contributed by atoms with Gasteiger partial charge in [-0.25, -0.2) is 0 Å². The molecule has 1 aromatic heterocycles. The van der Waals surface area contributed by atoms with Crippen molar-refractivity contribution in [2.45, 2.75) is 18.6 Å². The number of halogens is 2. The number of benzene rings is 4. The smallest absolute Gasteiger partial charge is 0.291 e. The van der Waals surface area contributed by atoms with Gasteiger partial charge in [0, 0.05) is 22.2 Å². The predicted molar refractivity (Wildman–Crippen MR) is 154 cm³/mol. The van der Waals surface area contributed by atoms with Gasteiger partial charge in [-0.1, -0.05) is 89.9 Å². The van der Waals surface area contributed by atoms with Crippen LogP contribution in [-0.2, 0) is 23.4 Å². The average molecular weight is 567 g/mol. The van der Waals surface area contributed by atoms with Gasteiger partial charge in [0.05, 0.1) is 23.2 Å². The number of carbonyl (C=O) groups is 2. The largest absolute Gasteiger partial charge is 0.450 e. The Kier molecular flexibility index (Phi) is 5.59. The lowest BCUT2D eigenvalue weighted by Crippen LogP contribution is -2.52. The summed E-state index contributed by atoms with van der Waals surface area (Å²) in [6.07, 6.45) is 0. The lowest BCUT2D eigenvalue weighted by Gasteiger charge is -2.34. The molecule has 2 amide bonds. The molecule has 0 radical (unpaired) electrons. The van der Waals surface area contributed by atoms with Crippen molar-refractivity contribution in [1.82, 2.24) is 4.90 Å². The number of hydrogen-bond acceptors (Lipinski definition) is 4. The SMILES string of the molecule is O=C1c2oc3ccc(Cl)cc3c(=O)c2C2(C(=O)N(Cc3ccccc3Cl)c3ccccc32)N1Cc1ccccc1. The molecule has 4 aromatic carbocycles. The Morgan fingerprint density at radius 3 is 2.30 bits per heavy atom. The van der Waals surface area contributed by atoms with Crippen molar-refractivity contribution in [1.29, 1.82) is 0 Å². The molecule has 2 aliphatic heterocycles. The van der Waals surface area contributed by atoms with Gasteiger partial charge in [-0.15, -0.1) is 0 Å². The van der Waals surface area contributed by atoms with Gasteiger partial charge in [0.15, 0.2) is 11.0 Å². The molecule has 2 aliphatic rings. The van der Waals surface area contributed by atoms with Gasteiger partial charge < -0.3 is 14.2 Å². The normalized spacial score (nSPS) is 17.6. The summed E-state index contributed by atoms with van der Waals surface area (Å²) < 4.78 is 6.10. The summed E-state index contributed by atoms with van der Waals surface area (Å²) in [5.74, 6) is -1.10. The van der Waals surface area contributed by atoms with Crippen molar-refractivity contribution >= 4 is 51.7 Å². The van der Waals surface area contributed by atoms with Crippen LogP contribution in [0.1, 0.15) is 32.8 Å². The minimum Gasteiger partial charge on any atom is -0.450 e. The van der Waals surface area contributed by atoms with Crippen LogP contribution in [0.25, 0.3) is 11.0 Å². The number of anilines is 1. The number of para-hydroxylation sites is 1. The molecule has 196 valence electrons. The third kappa shape index (κ3) is 3.39. The maximum absolute atomic E-state index is 14.8. The fraction of sp³-hybridized carbons (Fsp3) is 0.0938. The van der Waals surface area contributed by atoms with E-state index in [0.717, 1.165) is 11.1 Å². The van der Waals surface area contributed by atoms with Crippen LogP contribution in [0.2, 0.25) is 10.0 Å². The Morgan fingerprint density at radius 2 is 1.50 bits per heavy atom. The van der Waals surface area contributed by atoms with E-state index in [4.69, 9.17) is 27.6 Å². The number of rotatable bonds is 4. The first-order valence-electron chi connectivity index (χ1n) is 12.7. The minimum absolute atomic E-state index is 0.00214. The molecule has 6 nitrogen and oxygen atoms in total. The second-order valence-electron chi connectivity index (χ2n) is 9.86. The molecule has 3 heterocycles. The fourth-order valence-electron chi connectivity index (χ4n) is 5.90. The third-order valence-corrected chi connectivity index (χ3v) is 8.27. The third-order valence-electron chi connectivity index (χ3n) is 7.67. The second kappa shape index (κ2) is 9.08. The Balaban J connectivity index is 1.53. The number of carbonyl (C=O) groups excluding carboxylic acids is 2. The molecular weight excluding hydrogens is 547 g/mol. The molecule has 1 atom stereocenters. The Morgan fingerprint density at radius 1 is 0.775 bits per heavy atom. The molecule has 0 N–H and O–H groups in total. The molecule has 0 fully saturated rings. The van der Waals surface area contributed by atoms with E-state index >= 15 is 0 Å². The fourth-order valence-corrected chi connectivity index (χ4v) is 6.27. The molecule has 1 spiro atoms. The lowest BCUT2D eigenvalue weighted by molar-refractivity contribution is -0.126. The predicted octanol–water partition coefficient (Wildman–Crippen LogP) is 6.55. The summed E-state index contributed by atoms with van der Waals surface area (Å²) in [5.41, 5.74) is 0.689. The zero-order valence-electron chi connectivity index (χ0n) is 20.9. The first kappa shape index (κ1) is 24.6. The molecule has 7 rings (SSSR count). The van der Waals surface area contributed by atoms with E-state index in [0.29, 0.717) is 21.3 Å². The summed E-state index contributed by atoms with van der Waals surface area (Å²) in [6.45, 7) is 0.241. The molecule has 8 heteroatoms. The molecule has 40 heavy (non-hydrogen) atoms. The number of fused-ring (bicyclic) bond motifs is 5. The summed E-state index contributed by atoms with van der Waals surface area (Å²) in [5, 5.41) is 1.06. The van der Waals surface area contributed by atoms with E-state index in [1.165, 1.54) is 11.0 Å². The van der Waals surface area contributed by atoms with E-state index in [9.17, 15) is 14.4 Å². The Hall–Kier alpha value is -4.39. The first-order chi connectivity index (χ1) is 19.4. The Bertz CT molecular complexity index is 1920. The second-order valence-corrected chi connectivity index (χ2v) is 10.7.